The van der Waals surface area contributed by atoms with Crippen molar-refractivity contribution >= 4 is 11.6 Å². The topological polar surface area (TPSA) is 41.3 Å². The SMILES string of the molecule is CC(C)C1CCCC(O)(c2c(Cl)cnn2CCN(C)C)C1. The lowest BCUT2D eigenvalue weighted by atomic mass is 9.72. The lowest BCUT2D eigenvalue weighted by molar-refractivity contribution is -0.0366. The van der Waals surface area contributed by atoms with Crippen molar-refractivity contribution in [1.29, 1.82) is 0 Å². The average molecular weight is 314 g/mol. The molecule has 120 valence electrons. The second-order valence-electron chi connectivity index (χ2n) is 7.00. The minimum atomic E-state index is -0.826. The van der Waals surface area contributed by atoms with Crippen LogP contribution in [-0.2, 0) is 12.1 Å². The molecule has 0 aliphatic heterocycles. The van der Waals surface area contributed by atoms with Gasteiger partial charge in [0.1, 0.15) is 5.60 Å². The summed E-state index contributed by atoms with van der Waals surface area (Å²) < 4.78 is 1.89. The highest BCUT2D eigenvalue weighted by molar-refractivity contribution is 6.31. The Morgan fingerprint density at radius 2 is 2.24 bits per heavy atom. The highest BCUT2D eigenvalue weighted by Gasteiger charge is 2.40. The van der Waals surface area contributed by atoms with Gasteiger partial charge in [-0.2, -0.15) is 5.10 Å². The Balaban J connectivity index is 2.24. The Morgan fingerprint density at radius 3 is 2.86 bits per heavy atom. The Hall–Kier alpha value is -0.580. The van der Waals surface area contributed by atoms with Crippen molar-refractivity contribution in [3.63, 3.8) is 0 Å². The second kappa shape index (κ2) is 6.67. The van der Waals surface area contributed by atoms with Crippen molar-refractivity contribution in [2.24, 2.45) is 11.8 Å². The Labute approximate surface area is 133 Å². The molecular formula is C16H28ClN3O. The molecule has 0 spiro atoms. The summed E-state index contributed by atoms with van der Waals surface area (Å²) in [6, 6.07) is 0. The summed E-state index contributed by atoms with van der Waals surface area (Å²) in [7, 11) is 4.07. The largest absolute Gasteiger partial charge is 0.384 e. The predicted octanol–water partition coefficient (Wildman–Crippen LogP) is 3.13. The van der Waals surface area contributed by atoms with Gasteiger partial charge in [0.15, 0.2) is 0 Å². The zero-order valence-electron chi connectivity index (χ0n) is 13.6. The number of rotatable bonds is 5. The van der Waals surface area contributed by atoms with Gasteiger partial charge in [0.25, 0.3) is 0 Å². The third-order valence-electron chi connectivity index (χ3n) is 4.70. The predicted molar refractivity (Wildman–Crippen MR) is 86.5 cm³/mol. The van der Waals surface area contributed by atoms with Crippen LogP contribution < -0.4 is 0 Å². The van der Waals surface area contributed by atoms with Gasteiger partial charge < -0.3 is 10.0 Å². The quantitative estimate of drug-likeness (QED) is 0.908. The molecule has 0 saturated heterocycles. The van der Waals surface area contributed by atoms with E-state index in [0.717, 1.165) is 38.0 Å². The van der Waals surface area contributed by atoms with Crippen molar-refractivity contribution in [2.75, 3.05) is 20.6 Å². The molecule has 0 aromatic carbocycles. The van der Waals surface area contributed by atoms with E-state index in [1.165, 1.54) is 6.42 Å². The van der Waals surface area contributed by atoms with E-state index in [1.807, 2.05) is 18.8 Å². The Morgan fingerprint density at radius 1 is 1.52 bits per heavy atom. The fourth-order valence-corrected chi connectivity index (χ4v) is 3.69. The van der Waals surface area contributed by atoms with Gasteiger partial charge in [-0.3, -0.25) is 4.68 Å². The van der Waals surface area contributed by atoms with Gasteiger partial charge in [0.05, 0.1) is 23.5 Å². The molecule has 1 aromatic heterocycles. The maximum absolute atomic E-state index is 11.2. The fourth-order valence-electron chi connectivity index (χ4n) is 3.37. The summed E-state index contributed by atoms with van der Waals surface area (Å²) in [4.78, 5) is 2.11. The molecule has 1 aliphatic rings. The van der Waals surface area contributed by atoms with Crippen LogP contribution in [0.4, 0.5) is 0 Å². The summed E-state index contributed by atoms with van der Waals surface area (Å²) in [5, 5.41) is 16.2. The normalized spacial score (nSPS) is 26.8. The number of aliphatic hydroxyl groups is 1. The molecule has 0 amide bonds. The van der Waals surface area contributed by atoms with Crippen molar-refractivity contribution in [3.05, 3.63) is 16.9 Å². The first-order valence-corrected chi connectivity index (χ1v) is 8.30. The molecule has 2 unspecified atom stereocenters. The summed E-state index contributed by atoms with van der Waals surface area (Å²) in [6.45, 7) is 6.11. The first-order valence-electron chi connectivity index (χ1n) is 7.92. The zero-order valence-corrected chi connectivity index (χ0v) is 14.4. The highest BCUT2D eigenvalue weighted by Crippen LogP contribution is 2.44. The number of hydrogen-bond acceptors (Lipinski definition) is 3. The lowest BCUT2D eigenvalue weighted by Crippen LogP contribution is -2.37. The van der Waals surface area contributed by atoms with Gasteiger partial charge in [0, 0.05) is 6.54 Å². The Kier molecular flexibility index (Phi) is 5.33. The van der Waals surface area contributed by atoms with Crippen molar-refractivity contribution in [3.8, 4) is 0 Å². The van der Waals surface area contributed by atoms with Crippen LogP contribution in [0, 0.1) is 11.8 Å². The molecule has 1 N–H and O–H groups in total. The average Bonchev–Trinajstić information content (AvgIpc) is 2.78. The molecule has 2 atom stereocenters. The lowest BCUT2D eigenvalue weighted by Gasteiger charge is -2.39. The number of aromatic nitrogens is 2. The van der Waals surface area contributed by atoms with Crippen LogP contribution in [0.5, 0.6) is 0 Å². The van der Waals surface area contributed by atoms with Gasteiger partial charge in [0.2, 0.25) is 0 Å². The van der Waals surface area contributed by atoms with Crippen LogP contribution in [0.15, 0.2) is 6.20 Å². The summed E-state index contributed by atoms with van der Waals surface area (Å²) in [5.41, 5.74) is -0.0102. The van der Waals surface area contributed by atoms with E-state index in [2.05, 4.69) is 23.8 Å². The molecule has 2 rings (SSSR count). The highest BCUT2D eigenvalue weighted by atomic mass is 35.5. The van der Waals surface area contributed by atoms with Crippen molar-refractivity contribution in [1.82, 2.24) is 14.7 Å². The second-order valence-corrected chi connectivity index (χ2v) is 7.41. The third kappa shape index (κ3) is 3.79. The van der Waals surface area contributed by atoms with Crippen LogP contribution in [0.1, 0.15) is 45.2 Å². The molecule has 1 heterocycles. The number of nitrogens with zero attached hydrogens (tertiary/aromatic N) is 3. The molecule has 1 aliphatic carbocycles. The maximum Gasteiger partial charge on any atom is 0.108 e. The maximum atomic E-state index is 11.2. The van der Waals surface area contributed by atoms with E-state index in [1.54, 1.807) is 6.20 Å². The minimum absolute atomic E-state index is 0.553. The number of halogens is 1. The van der Waals surface area contributed by atoms with Crippen LogP contribution in [0.2, 0.25) is 5.02 Å². The summed E-state index contributed by atoms with van der Waals surface area (Å²) in [6.07, 6.45) is 5.49. The van der Waals surface area contributed by atoms with Gasteiger partial charge in [-0.15, -0.1) is 0 Å². The third-order valence-corrected chi connectivity index (χ3v) is 4.98. The van der Waals surface area contributed by atoms with Crippen LogP contribution in [0.25, 0.3) is 0 Å². The van der Waals surface area contributed by atoms with E-state index in [4.69, 9.17) is 11.6 Å². The standard InChI is InChI=1S/C16H28ClN3O/c1-12(2)13-6-5-7-16(21,10-13)15-14(17)11-18-20(15)9-8-19(3)4/h11-13,21H,5-10H2,1-4H3. The van der Waals surface area contributed by atoms with Gasteiger partial charge >= 0.3 is 0 Å². The monoisotopic (exact) mass is 313 g/mol. The van der Waals surface area contributed by atoms with Crippen LogP contribution in [-0.4, -0.2) is 40.4 Å². The molecule has 5 heteroatoms. The van der Waals surface area contributed by atoms with E-state index >= 15 is 0 Å². The number of likely N-dealkylation sites (N-methyl/N-ethyl adjacent to an activating group) is 1. The molecule has 1 aromatic rings. The van der Waals surface area contributed by atoms with E-state index in [-0.39, 0.29) is 0 Å². The summed E-state index contributed by atoms with van der Waals surface area (Å²) >= 11 is 6.35. The van der Waals surface area contributed by atoms with Crippen LogP contribution in [0.3, 0.4) is 0 Å². The van der Waals surface area contributed by atoms with Gasteiger partial charge in [-0.05, 0) is 51.6 Å². The van der Waals surface area contributed by atoms with Crippen LogP contribution >= 0.6 is 11.6 Å². The molecule has 4 nitrogen and oxygen atoms in total. The van der Waals surface area contributed by atoms with Gasteiger partial charge in [-0.25, -0.2) is 0 Å². The molecule has 1 saturated carbocycles. The molecule has 0 radical (unpaired) electrons. The minimum Gasteiger partial charge on any atom is -0.384 e. The molecule has 0 bridgehead atoms. The van der Waals surface area contributed by atoms with Crippen molar-refractivity contribution < 1.29 is 5.11 Å². The molecule has 1 fully saturated rings. The number of hydrogen-bond donors (Lipinski definition) is 1. The van der Waals surface area contributed by atoms with E-state index in [0.29, 0.717) is 16.9 Å². The molecular weight excluding hydrogens is 286 g/mol. The summed E-state index contributed by atoms with van der Waals surface area (Å²) in [5.74, 6) is 1.14. The fraction of sp³-hybridized carbons (Fsp3) is 0.812. The smallest absolute Gasteiger partial charge is 0.108 e. The van der Waals surface area contributed by atoms with E-state index in [9.17, 15) is 5.11 Å². The van der Waals surface area contributed by atoms with Crippen molar-refractivity contribution in [2.45, 2.75) is 51.7 Å². The van der Waals surface area contributed by atoms with E-state index < -0.39 is 5.60 Å². The zero-order chi connectivity index (χ0) is 15.6. The molecule has 21 heavy (non-hydrogen) atoms. The first kappa shape index (κ1) is 16.8. The first-order chi connectivity index (χ1) is 9.83. The Bertz CT molecular complexity index is 472. The van der Waals surface area contributed by atoms with Gasteiger partial charge in [-0.1, -0.05) is 25.4 Å².